The third-order valence-corrected chi connectivity index (χ3v) is 2.52. The second kappa shape index (κ2) is 5.04. The van der Waals surface area contributed by atoms with Gasteiger partial charge < -0.3 is 9.64 Å². The van der Waals surface area contributed by atoms with Crippen LogP contribution in [0.3, 0.4) is 0 Å². The molecule has 0 aliphatic heterocycles. The van der Waals surface area contributed by atoms with Gasteiger partial charge in [0, 0.05) is 14.1 Å². The molecule has 1 aromatic heterocycles. The number of hydrogen-bond acceptors (Lipinski definition) is 4. The first kappa shape index (κ1) is 14.0. The molecule has 1 aromatic rings. The van der Waals surface area contributed by atoms with Crippen LogP contribution in [0.1, 0.15) is 31.3 Å². The minimum atomic E-state index is -0.522. The van der Waals surface area contributed by atoms with E-state index in [1.165, 1.54) is 0 Å². The van der Waals surface area contributed by atoms with Crippen molar-refractivity contribution in [2.45, 2.75) is 26.4 Å². The molecule has 94 valence electrons. The number of carbonyl (C=O) groups excluding carboxylic acids is 1. The summed E-state index contributed by atoms with van der Waals surface area (Å²) < 4.78 is 5.93. The van der Waals surface area contributed by atoms with Crippen molar-refractivity contribution in [2.75, 3.05) is 19.0 Å². The van der Waals surface area contributed by atoms with Gasteiger partial charge in [-0.05, 0) is 48.8 Å². The summed E-state index contributed by atoms with van der Waals surface area (Å²) in [5, 5.41) is 0. The van der Waals surface area contributed by atoms with Gasteiger partial charge in [0.2, 0.25) is 0 Å². The molecule has 0 aliphatic rings. The van der Waals surface area contributed by atoms with Crippen LogP contribution in [-0.2, 0) is 4.74 Å². The average Bonchev–Trinajstić information content (AvgIpc) is 2.14. The molecule has 1 heterocycles. The Kier molecular flexibility index (Phi) is 4.14. The van der Waals surface area contributed by atoms with Gasteiger partial charge in [-0.3, -0.25) is 0 Å². The molecule has 0 atom stereocenters. The SMILES string of the molecule is CN(C)c1ccc(Br)c(C(=O)OC(C)(C)C)n1. The predicted octanol–water partition coefficient (Wildman–Crippen LogP) is 2.87. The van der Waals surface area contributed by atoms with E-state index in [0.717, 1.165) is 0 Å². The van der Waals surface area contributed by atoms with Crippen molar-refractivity contribution in [1.82, 2.24) is 4.98 Å². The minimum Gasteiger partial charge on any atom is -0.455 e. The summed E-state index contributed by atoms with van der Waals surface area (Å²) >= 11 is 3.31. The zero-order chi connectivity index (χ0) is 13.2. The standard InChI is InChI=1S/C12H17BrN2O2/c1-12(2,3)17-11(16)10-8(13)6-7-9(14-10)15(4)5/h6-7H,1-5H3. The molecular weight excluding hydrogens is 284 g/mol. The van der Waals surface area contributed by atoms with Crippen molar-refractivity contribution < 1.29 is 9.53 Å². The number of rotatable bonds is 2. The highest BCUT2D eigenvalue weighted by Gasteiger charge is 2.21. The van der Waals surface area contributed by atoms with E-state index in [1.807, 2.05) is 45.8 Å². The second-order valence-corrected chi connectivity index (χ2v) is 5.75. The summed E-state index contributed by atoms with van der Waals surface area (Å²) in [6.07, 6.45) is 0. The molecule has 1 rings (SSSR count). The van der Waals surface area contributed by atoms with E-state index in [0.29, 0.717) is 16.0 Å². The van der Waals surface area contributed by atoms with Crippen LogP contribution < -0.4 is 4.90 Å². The Morgan fingerprint density at radius 3 is 2.41 bits per heavy atom. The summed E-state index contributed by atoms with van der Waals surface area (Å²) in [6.45, 7) is 5.48. The van der Waals surface area contributed by atoms with Crippen LogP contribution in [0.5, 0.6) is 0 Å². The first-order chi connectivity index (χ1) is 7.70. The molecule has 0 saturated carbocycles. The molecule has 0 aliphatic carbocycles. The van der Waals surface area contributed by atoms with Crippen molar-refractivity contribution in [3.05, 3.63) is 22.3 Å². The van der Waals surface area contributed by atoms with Gasteiger partial charge in [-0.2, -0.15) is 0 Å². The summed E-state index contributed by atoms with van der Waals surface area (Å²) in [4.78, 5) is 18.0. The fourth-order valence-corrected chi connectivity index (χ4v) is 1.53. The Hall–Kier alpha value is -1.10. The van der Waals surface area contributed by atoms with E-state index < -0.39 is 11.6 Å². The molecule has 0 saturated heterocycles. The molecule has 0 fully saturated rings. The topological polar surface area (TPSA) is 42.4 Å². The molecule has 4 nitrogen and oxygen atoms in total. The highest BCUT2D eigenvalue weighted by atomic mass is 79.9. The fourth-order valence-electron chi connectivity index (χ4n) is 1.15. The number of esters is 1. The lowest BCUT2D eigenvalue weighted by Gasteiger charge is -2.20. The summed E-state index contributed by atoms with van der Waals surface area (Å²) in [5.74, 6) is 0.294. The Morgan fingerprint density at radius 1 is 1.35 bits per heavy atom. The van der Waals surface area contributed by atoms with Crippen molar-refractivity contribution >= 4 is 27.7 Å². The Bertz CT molecular complexity index is 425. The van der Waals surface area contributed by atoms with Gasteiger partial charge in [0.1, 0.15) is 11.4 Å². The zero-order valence-corrected chi connectivity index (χ0v) is 12.3. The van der Waals surface area contributed by atoms with E-state index >= 15 is 0 Å². The Balaban J connectivity index is 3.04. The fraction of sp³-hybridized carbons (Fsp3) is 0.500. The number of halogens is 1. The van der Waals surface area contributed by atoms with Crippen LogP contribution in [0.4, 0.5) is 5.82 Å². The van der Waals surface area contributed by atoms with E-state index in [1.54, 1.807) is 6.07 Å². The van der Waals surface area contributed by atoms with Gasteiger partial charge >= 0.3 is 5.97 Å². The van der Waals surface area contributed by atoms with Crippen LogP contribution in [0, 0.1) is 0 Å². The van der Waals surface area contributed by atoms with E-state index in [9.17, 15) is 4.79 Å². The number of hydrogen-bond donors (Lipinski definition) is 0. The molecule has 0 aromatic carbocycles. The number of ether oxygens (including phenoxy) is 1. The van der Waals surface area contributed by atoms with E-state index in [-0.39, 0.29) is 0 Å². The lowest BCUT2D eigenvalue weighted by atomic mass is 10.2. The zero-order valence-electron chi connectivity index (χ0n) is 10.7. The first-order valence-electron chi connectivity index (χ1n) is 5.28. The number of nitrogens with zero attached hydrogens (tertiary/aromatic N) is 2. The molecule has 0 spiro atoms. The smallest absolute Gasteiger partial charge is 0.358 e. The molecule has 0 amide bonds. The third kappa shape index (κ3) is 4.00. The maximum atomic E-state index is 11.9. The van der Waals surface area contributed by atoms with Crippen LogP contribution in [-0.4, -0.2) is 30.6 Å². The first-order valence-corrected chi connectivity index (χ1v) is 6.07. The van der Waals surface area contributed by atoms with Gasteiger partial charge in [-0.15, -0.1) is 0 Å². The largest absolute Gasteiger partial charge is 0.455 e. The highest BCUT2D eigenvalue weighted by molar-refractivity contribution is 9.10. The minimum absolute atomic E-state index is 0.297. The third-order valence-electron chi connectivity index (χ3n) is 1.88. The maximum Gasteiger partial charge on any atom is 0.358 e. The Labute approximate surface area is 110 Å². The lowest BCUT2D eigenvalue weighted by Crippen LogP contribution is -2.25. The molecule has 17 heavy (non-hydrogen) atoms. The molecule has 0 radical (unpaired) electrons. The van der Waals surface area contributed by atoms with Crippen LogP contribution in [0.15, 0.2) is 16.6 Å². The average molecular weight is 301 g/mol. The van der Waals surface area contributed by atoms with Crippen LogP contribution in [0.2, 0.25) is 0 Å². The van der Waals surface area contributed by atoms with E-state index in [2.05, 4.69) is 20.9 Å². The summed E-state index contributed by atoms with van der Waals surface area (Å²) in [5.41, 5.74) is -0.224. The van der Waals surface area contributed by atoms with E-state index in [4.69, 9.17) is 4.74 Å². The van der Waals surface area contributed by atoms with Gasteiger partial charge in [0.25, 0.3) is 0 Å². The summed E-state index contributed by atoms with van der Waals surface area (Å²) in [7, 11) is 3.74. The lowest BCUT2D eigenvalue weighted by molar-refractivity contribution is 0.00618. The number of pyridine rings is 1. The molecule has 0 bridgehead atoms. The molecule has 5 heteroatoms. The highest BCUT2D eigenvalue weighted by Crippen LogP contribution is 2.21. The quantitative estimate of drug-likeness (QED) is 0.788. The molecule has 0 unspecified atom stereocenters. The number of anilines is 1. The monoisotopic (exact) mass is 300 g/mol. The van der Waals surface area contributed by atoms with Crippen LogP contribution >= 0.6 is 15.9 Å². The second-order valence-electron chi connectivity index (χ2n) is 4.90. The van der Waals surface area contributed by atoms with Gasteiger partial charge in [0.05, 0.1) is 4.47 Å². The maximum absolute atomic E-state index is 11.9. The Morgan fingerprint density at radius 2 is 1.94 bits per heavy atom. The van der Waals surface area contributed by atoms with Crippen LogP contribution in [0.25, 0.3) is 0 Å². The predicted molar refractivity (Wildman–Crippen MR) is 71.4 cm³/mol. The number of aromatic nitrogens is 1. The number of carbonyl (C=O) groups is 1. The van der Waals surface area contributed by atoms with Crippen molar-refractivity contribution in [3.8, 4) is 0 Å². The van der Waals surface area contributed by atoms with Crippen molar-refractivity contribution in [2.24, 2.45) is 0 Å². The summed E-state index contributed by atoms with van der Waals surface area (Å²) in [6, 6.07) is 3.62. The van der Waals surface area contributed by atoms with Crippen molar-refractivity contribution in [3.63, 3.8) is 0 Å². The van der Waals surface area contributed by atoms with Crippen molar-refractivity contribution in [1.29, 1.82) is 0 Å². The van der Waals surface area contributed by atoms with Gasteiger partial charge in [0.15, 0.2) is 5.69 Å². The van der Waals surface area contributed by atoms with Gasteiger partial charge in [-0.25, -0.2) is 9.78 Å². The molecular formula is C12H17BrN2O2. The van der Waals surface area contributed by atoms with Gasteiger partial charge in [-0.1, -0.05) is 0 Å². The normalized spacial score (nSPS) is 11.2. The molecule has 0 N–H and O–H groups in total.